The standard InChI is InChI=1S/C12H20N2S/c1-10(12-6-4-8-15-12)14(2)9-11-5-3-7-13-11/h4,6,8,10-11,13H,3,5,7,9H2,1-2H3/t10?,11-/m1/s1. The molecule has 2 nitrogen and oxygen atoms in total. The normalized spacial score (nSPS) is 23.5. The summed E-state index contributed by atoms with van der Waals surface area (Å²) in [5.41, 5.74) is 0. The molecule has 0 aliphatic carbocycles. The van der Waals surface area contributed by atoms with Gasteiger partial charge in [-0.25, -0.2) is 0 Å². The number of rotatable bonds is 4. The summed E-state index contributed by atoms with van der Waals surface area (Å²) in [4.78, 5) is 3.92. The number of likely N-dealkylation sites (N-methyl/N-ethyl adjacent to an activating group) is 1. The van der Waals surface area contributed by atoms with Crippen molar-refractivity contribution in [1.29, 1.82) is 0 Å². The minimum atomic E-state index is 0.549. The Morgan fingerprint density at radius 1 is 1.67 bits per heavy atom. The van der Waals surface area contributed by atoms with E-state index in [0.29, 0.717) is 12.1 Å². The van der Waals surface area contributed by atoms with E-state index in [1.165, 1.54) is 30.8 Å². The lowest BCUT2D eigenvalue weighted by Gasteiger charge is -2.26. The van der Waals surface area contributed by atoms with Gasteiger partial charge in [-0.15, -0.1) is 11.3 Å². The van der Waals surface area contributed by atoms with Crippen LogP contribution in [0.1, 0.15) is 30.7 Å². The lowest BCUT2D eigenvalue weighted by Crippen LogP contribution is -2.36. The van der Waals surface area contributed by atoms with Crippen LogP contribution in [-0.2, 0) is 0 Å². The Hall–Kier alpha value is -0.380. The van der Waals surface area contributed by atoms with E-state index >= 15 is 0 Å². The van der Waals surface area contributed by atoms with Gasteiger partial charge in [0.05, 0.1) is 0 Å². The van der Waals surface area contributed by atoms with Gasteiger partial charge in [0.1, 0.15) is 0 Å². The van der Waals surface area contributed by atoms with Crippen molar-refractivity contribution in [2.24, 2.45) is 0 Å². The first-order chi connectivity index (χ1) is 7.27. The predicted octanol–water partition coefficient (Wildman–Crippen LogP) is 2.49. The number of nitrogens with zero attached hydrogens (tertiary/aromatic N) is 1. The molecule has 0 bridgehead atoms. The second-order valence-electron chi connectivity index (χ2n) is 4.42. The summed E-state index contributed by atoms with van der Waals surface area (Å²) in [5, 5.41) is 5.71. The first-order valence-corrected chi connectivity index (χ1v) is 6.62. The van der Waals surface area contributed by atoms with Gasteiger partial charge in [0.2, 0.25) is 0 Å². The smallest absolute Gasteiger partial charge is 0.0410 e. The molecule has 1 aromatic heterocycles. The molecule has 0 amide bonds. The van der Waals surface area contributed by atoms with Gasteiger partial charge in [-0.3, -0.25) is 4.90 Å². The molecular weight excluding hydrogens is 204 g/mol. The molecule has 1 aromatic rings. The van der Waals surface area contributed by atoms with E-state index in [1.54, 1.807) is 0 Å². The van der Waals surface area contributed by atoms with E-state index in [2.05, 4.69) is 41.7 Å². The summed E-state index contributed by atoms with van der Waals surface area (Å²) in [5.74, 6) is 0. The molecule has 2 atom stereocenters. The van der Waals surface area contributed by atoms with Crippen molar-refractivity contribution in [1.82, 2.24) is 10.2 Å². The Morgan fingerprint density at radius 3 is 3.13 bits per heavy atom. The minimum absolute atomic E-state index is 0.549. The van der Waals surface area contributed by atoms with E-state index < -0.39 is 0 Å². The van der Waals surface area contributed by atoms with Crippen molar-refractivity contribution in [2.75, 3.05) is 20.1 Å². The highest BCUT2D eigenvalue weighted by molar-refractivity contribution is 7.10. The van der Waals surface area contributed by atoms with Gasteiger partial charge >= 0.3 is 0 Å². The zero-order chi connectivity index (χ0) is 10.7. The van der Waals surface area contributed by atoms with Crippen LogP contribution in [0.3, 0.4) is 0 Å². The molecule has 2 rings (SSSR count). The van der Waals surface area contributed by atoms with Gasteiger partial charge in [-0.1, -0.05) is 6.07 Å². The number of nitrogens with one attached hydrogen (secondary N) is 1. The first-order valence-electron chi connectivity index (χ1n) is 5.74. The van der Waals surface area contributed by atoms with Gasteiger partial charge in [0, 0.05) is 23.5 Å². The van der Waals surface area contributed by atoms with Crippen LogP contribution in [0.15, 0.2) is 17.5 Å². The molecule has 2 heterocycles. The Balaban J connectivity index is 1.87. The molecule has 1 aliphatic rings. The lowest BCUT2D eigenvalue weighted by molar-refractivity contribution is 0.241. The Kier molecular flexibility index (Phi) is 3.78. The maximum absolute atomic E-state index is 3.55. The highest BCUT2D eigenvalue weighted by Gasteiger charge is 2.19. The Bertz CT molecular complexity index is 278. The molecule has 0 aromatic carbocycles. The van der Waals surface area contributed by atoms with Crippen molar-refractivity contribution < 1.29 is 0 Å². The average Bonchev–Trinajstić information content (AvgIpc) is 2.88. The minimum Gasteiger partial charge on any atom is -0.313 e. The van der Waals surface area contributed by atoms with E-state index in [0.717, 1.165) is 0 Å². The Morgan fingerprint density at radius 2 is 2.53 bits per heavy atom. The number of hydrogen-bond donors (Lipinski definition) is 1. The Labute approximate surface area is 96.3 Å². The molecule has 1 N–H and O–H groups in total. The van der Waals surface area contributed by atoms with Gasteiger partial charge in [-0.05, 0) is 44.8 Å². The van der Waals surface area contributed by atoms with Gasteiger partial charge in [0.25, 0.3) is 0 Å². The summed E-state index contributed by atoms with van der Waals surface area (Å²) in [6.07, 6.45) is 2.67. The average molecular weight is 224 g/mol. The third kappa shape index (κ3) is 2.80. The summed E-state index contributed by atoms with van der Waals surface area (Å²) in [6, 6.07) is 5.62. The van der Waals surface area contributed by atoms with E-state index in [9.17, 15) is 0 Å². The SMILES string of the molecule is CC(c1cccs1)N(C)C[C@H]1CCCN1. The van der Waals surface area contributed by atoms with Crippen molar-refractivity contribution in [2.45, 2.75) is 31.8 Å². The molecule has 15 heavy (non-hydrogen) atoms. The summed E-state index contributed by atoms with van der Waals surface area (Å²) >= 11 is 1.86. The fourth-order valence-corrected chi connectivity index (χ4v) is 3.01. The first kappa shape index (κ1) is 11.1. The molecule has 0 radical (unpaired) electrons. The van der Waals surface area contributed by atoms with Gasteiger partial charge in [0.15, 0.2) is 0 Å². The molecule has 0 saturated carbocycles. The van der Waals surface area contributed by atoms with Crippen molar-refractivity contribution in [3.8, 4) is 0 Å². The van der Waals surface area contributed by atoms with Crippen molar-refractivity contribution in [3.05, 3.63) is 22.4 Å². The second kappa shape index (κ2) is 5.10. The van der Waals surface area contributed by atoms with E-state index in [-0.39, 0.29) is 0 Å². The third-order valence-electron chi connectivity index (χ3n) is 3.29. The quantitative estimate of drug-likeness (QED) is 0.845. The monoisotopic (exact) mass is 224 g/mol. The largest absolute Gasteiger partial charge is 0.313 e. The maximum Gasteiger partial charge on any atom is 0.0410 e. The molecule has 1 aliphatic heterocycles. The number of thiophene rings is 1. The van der Waals surface area contributed by atoms with Gasteiger partial charge < -0.3 is 5.32 Å². The van der Waals surface area contributed by atoms with Crippen molar-refractivity contribution in [3.63, 3.8) is 0 Å². The lowest BCUT2D eigenvalue weighted by atomic mass is 10.2. The summed E-state index contributed by atoms with van der Waals surface area (Å²) in [6.45, 7) is 4.66. The highest BCUT2D eigenvalue weighted by Crippen LogP contribution is 2.23. The molecule has 1 unspecified atom stereocenters. The van der Waals surface area contributed by atoms with Crippen LogP contribution >= 0.6 is 11.3 Å². The molecule has 84 valence electrons. The maximum atomic E-state index is 3.55. The zero-order valence-electron chi connectivity index (χ0n) is 9.57. The van der Waals surface area contributed by atoms with Crippen molar-refractivity contribution >= 4 is 11.3 Å². The topological polar surface area (TPSA) is 15.3 Å². The second-order valence-corrected chi connectivity index (χ2v) is 5.40. The molecule has 3 heteroatoms. The van der Waals surface area contributed by atoms with Crippen LogP contribution in [-0.4, -0.2) is 31.1 Å². The molecule has 1 saturated heterocycles. The summed E-state index contributed by atoms with van der Waals surface area (Å²) in [7, 11) is 2.23. The van der Waals surface area contributed by atoms with Crippen LogP contribution in [0.25, 0.3) is 0 Å². The highest BCUT2D eigenvalue weighted by atomic mass is 32.1. The van der Waals surface area contributed by atoms with E-state index in [4.69, 9.17) is 0 Å². The molecule has 1 fully saturated rings. The fraction of sp³-hybridized carbons (Fsp3) is 0.667. The van der Waals surface area contributed by atoms with E-state index in [1.807, 2.05) is 11.3 Å². The number of hydrogen-bond acceptors (Lipinski definition) is 3. The van der Waals surface area contributed by atoms with Crippen LogP contribution in [0.4, 0.5) is 0 Å². The van der Waals surface area contributed by atoms with Gasteiger partial charge in [-0.2, -0.15) is 0 Å². The van der Waals surface area contributed by atoms with Crippen LogP contribution in [0, 0.1) is 0 Å². The molecular formula is C12H20N2S. The fourth-order valence-electron chi connectivity index (χ4n) is 2.16. The zero-order valence-corrected chi connectivity index (χ0v) is 10.4. The van der Waals surface area contributed by atoms with Crippen LogP contribution in [0.5, 0.6) is 0 Å². The summed E-state index contributed by atoms with van der Waals surface area (Å²) < 4.78 is 0. The molecule has 0 spiro atoms. The van der Waals surface area contributed by atoms with Crippen LogP contribution in [0.2, 0.25) is 0 Å². The predicted molar refractivity (Wildman–Crippen MR) is 66.4 cm³/mol. The third-order valence-corrected chi connectivity index (χ3v) is 4.33. The van der Waals surface area contributed by atoms with Crippen LogP contribution < -0.4 is 5.32 Å².